The maximum Gasteiger partial charge on any atom is 0.255 e. The highest BCUT2D eigenvalue weighted by Gasteiger charge is 2.35. The minimum atomic E-state index is -0.443. The lowest BCUT2D eigenvalue weighted by Crippen LogP contribution is -2.47. The lowest BCUT2D eigenvalue weighted by atomic mass is 10.1. The van der Waals surface area contributed by atoms with Gasteiger partial charge < -0.3 is 10.2 Å². The van der Waals surface area contributed by atoms with Gasteiger partial charge in [-0.3, -0.25) is 14.6 Å². The van der Waals surface area contributed by atoms with Gasteiger partial charge in [0.25, 0.3) is 5.91 Å². The third kappa shape index (κ3) is 3.59. The van der Waals surface area contributed by atoms with Crippen LogP contribution in [-0.4, -0.2) is 39.4 Å². The van der Waals surface area contributed by atoms with E-state index in [1.54, 1.807) is 41.2 Å². The Labute approximate surface area is 145 Å². The van der Waals surface area contributed by atoms with Crippen molar-refractivity contribution >= 4 is 23.6 Å². The smallest absolute Gasteiger partial charge is 0.255 e. The predicted molar refractivity (Wildman–Crippen MR) is 94.5 cm³/mol. The van der Waals surface area contributed by atoms with E-state index in [4.69, 9.17) is 0 Å². The summed E-state index contributed by atoms with van der Waals surface area (Å²) in [6, 6.07) is 12.3. The van der Waals surface area contributed by atoms with Crippen molar-refractivity contribution in [3.05, 3.63) is 66.0 Å². The van der Waals surface area contributed by atoms with E-state index >= 15 is 0 Å². The summed E-state index contributed by atoms with van der Waals surface area (Å²) in [6.07, 6.45) is 3.44. The molecule has 1 aromatic carbocycles. The van der Waals surface area contributed by atoms with Gasteiger partial charge in [0.2, 0.25) is 5.91 Å². The van der Waals surface area contributed by atoms with Crippen LogP contribution < -0.4 is 5.32 Å². The molecule has 0 radical (unpaired) electrons. The van der Waals surface area contributed by atoms with Crippen molar-refractivity contribution in [1.82, 2.24) is 15.2 Å². The zero-order chi connectivity index (χ0) is 16.9. The fraction of sp³-hybridized carbons (Fsp3) is 0.278. The van der Waals surface area contributed by atoms with E-state index in [0.29, 0.717) is 17.2 Å². The number of nitrogens with zero attached hydrogens (tertiary/aromatic N) is 2. The molecule has 2 atom stereocenters. The van der Waals surface area contributed by atoms with Crippen molar-refractivity contribution in [2.24, 2.45) is 0 Å². The Morgan fingerprint density at radius 2 is 2.04 bits per heavy atom. The topological polar surface area (TPSA) is 62.3 Å². The van der Waals surface area contributed by atoms with Crippen LogP contribution in [0, 0.1) is 0 Å². The van der Waals surface area contributed by atoms with Crippen LogP contribution in [0.3, 0.4) is 0 Å². The summed E-state index contributed by atoms with van der Waals surface area (Å²) in [6.45, 7) is 1.92. The summed E-state index contributed by atoms with van der Waals surface area (Å²) in [5.41, 5.74) is 1.55. The number of aromatic nitrogens is 1. The number of amides is 2. The first kappa shape index (κ1) is 16.5. The lowest BCUT2D eigenvalue weighted by Gasteiger charge is -2.25. The van der Waals surface area contributed by atoms with E-state index in [2.05, 4.69) is 10.3 Å². The molecule has 1 fully saturated rings. The molecule has 2 amide bonds. The van der Waals surface area contributed by atoms with E-state index in [-0.39, 0.29) is 17.9 Å². The van der Waals surface area contributed by atoms with Gasteiger partial charge in [-0.1, -0.05) is 24.3 Å². The van der Waals surface area contributed by atoms with Crippen LogP contribution in [0.4, 0.5) is 0 Å². The van der Waals surface area contributed by atoms with Gasteiger partial charge in [0.15, 0.2) is 0 Å². The Morgan fingerprint density at radius 1 is 1.25 bits per heavy atom. The lowest BCUT2D eigenvalue weighted by molar-refractivity contribution is -0.125. The summed E-state index contributed by atoms with van der Waals surface area (Å²) >= 11 is 1.60. The zero-order valence-corrected chi connectivity index (χ0v) is 14.2. The largest absolute Gasteiger partial charge is 0.348 e. The number of pyridine rings is 1. The molecule has 24 heavy (non-hydrogen) atoms. The summed E-state index contributed by atoms with van der Waals surface area (Å²) in [5.74, 6) is 0.924. The molecule has 0 saturated carbocycles. The van der Waals surface area contributed by atoms with Crippen molar-refractivity contribution < 1.29 is 9.59 Å². The number of nitrogens with one attached hydrogen (secondary N) is 1. The van der Waals surface area contributed by atoms with Crippen molar-refractivity contribution in [2.75, 3.05) is 11.6 Å². The molecule has 2 aromatic rings. The summed E-state index contributed by atoms with van der Waals surface area (Å²) in [5, 5.41) is 2.99. The standard InChI is InChI=1S/C18H19N3O2S/c1-13(15-8-5-9-19-10-15)20-17(22)16-11-24-12-21(16)18(23)14-6-3-2-4-7-14/h2-10,13,16H,11-12H2,1H3,(H,20,22). The Kier molecular flexibility index (Phi) is 5.15. The van der Waals surface area contributed by atoms with Gasteiger partial charge in [-0.25, -0.2) is 0 Å². The second kappa shape index (κ2) is 7.49. The third-order valence-electron chi connectivity index (χ3n) is 4.01. The molecule has 1 aromatic heterocycles. The summed E-state index contributed by atoms with van der Waals surface area (Å²) in [4.78, 5) is 31.0. The van der Waals surface area contributed by atoms with Gasteiger partial charge in [-0.15, -0.1) is 11.8 Å². The van der Waals surface area contributed by atoms with Crippen LogP contribution in [-0.2, 0) is 4.79 Å². The molecule has 6 heteroatoms. The van der Waals surface area contributed by atoms with Crippen molar-refractivity contribution in [3.8, 4) is 0 Å². The fourth-order valence-corrected chi connectivity index (χ4v) is 3.79. The monoisotopic (exact) mass is 341 g/mol. The van der Waals surface area contributed by atoms with Crippen molar-refractivity contribution in [2.45, 2.75) is 19.0 Å². The quantitative estimate of drug-likeness (QED) is 0.928. The van der Waals surface area contributed by atoms with Gasteiger partial charge >= 0.3 is 0 Å². The number of carbonyl (C=O) groups is 2. The van der Waals surface area contributed by atoms with Crippen LogP contribution in [0.25, 0.3) is 0 Å². The molecular weight excluding hydrogens is 322 g/mol. The highest BCUT2D eigenvalue weighted by atomic mass is 32.2. The van der Waals surface area contributed by atoms with E-state index in [9.17, 15) is 9.59 Å². The Hall–Kier alpha value is -2.34. The molecule has 3 rings (SSSR count). The fourth-order valence-electron chi connectivity index (χ4n) is 2.63. The summed E-state index contributed by atoms with van der Waals surface area (Å²) in [7, 11) is 0. The zero-order valence-electron chi connectivity index (χ0n) is 13.4. The van der Waals surface area contributed by atoms with Gasteiger partial charge in [0, 0.05) is 23.7 Å². The highest BCUT2D eigenvalue weighted by molar-refractivity contribution is 7.99. The Morgan fingerprint density at radius 3 is 2.75 bits per heavy atom. The van der Waals surface area contributed by atoms with Crippen LogP contribution in [0.2, 0.25) is 0 Å². The minimum Gasteiger partial charge on any atom is -0.348 e. The number of carbonyl (C=O) groups excluding carboxylic acids is 2. The van der Waals surface area contributed by atoms with Crippen molar-refractivity contribution in [1.29, 1.82) is 0 Å². The van der Waals surface area contributed by atoms with Gasteiger partial charge in [0.1, 0.15) is 6.04 Å². The Bertz CT molecular complexity index is 709. The van der Waals surface area contributed by atoms with E-state index < -0.39 is 6.04 Å². The second-order valence-electron chi connectivity index (χ2n) is 5.67. The maximum absolute atomic E-state index is 12.6. The number of thioether (sulfide) groups is 1. The maximum atomic E-state index is 12.6. The van der Waals surface area contributed by atoms with E-state index in [1.165, 1.54) is 0 Å². The molecule has 1 aliphatic heterocycles. The first-order chi connectivity index (χ1) is 11.7. The molecule has 0 bridgehead atoms. The van der Waals surface area contributed by atoms with Crippen LogP contribution in [0.1, 0.15) is 28.9 Å². The number of hydrogen-bond acceptors (Lipinski definition) is 4. The second-order valence-corrected chi connectivity index (χ2v) is 6.67. The molecule has 1 N–H and O–H groups in total. The molecule has 0 aliphatic carbocycles. The third-order valence-corrected chi connectivity index (χ3v) is 5.02. The number of hydrogen-bond donors (Lipinski definition) is 1. The van der Waals surface area contributed by atoms with E-state index in [1.807, 2.05) is 37.3 Å². The molecule has 2 heterocycles. The van der Waals surface area contributed by atoms with Crippen LogP contribution >= 0.6 is 11.8 Å². The first-order valence-electron chi connectivity index (χ1n) is 7.81. The molecular formula is C18H19N3O2S. The van der Waals surface area contributed by atoms with E-state index in [0.717, 1.165) is 5.56 Å². The molecule has 1 aliphatic rings. The van der Waals surface area contributed by atoms with Gasteiger partial charge in [-0.05, 0) is 30.7 Å². The average Bonchev–Trinajstić information content (AvgIpc) is 3.12. The van der Waals surface area contributed by atoms with Crippen LogP contribution in [0.15, 0.2) is 54.9 Å². The SMILES string of the molecule is CC(NC(=O)C1CSCN1C(=O)c1ccccc1)c1cccnc1. The minimum absolute atomic E-state index is 0.102. The first-order valence-corrected chi connectivity index (χ1v) is 8.96. The van der Waals surface area contributed by atoms with Gasteiger partial charge in [0.05, 0.1) is 11.9 Å². The molecule has 124 valence electrons. The van der Waals surface area contributed by atoms with Crippen LogP contribution in [0.5, 0.6) is 0 Å². The summed E-state index contributed by atoms with van der Waals surface area (Å²) < 4.78 is 0. The average molecular weight is 341 g/mol. The highest BCUT2D eigenvalue weighted by Crippen LogP contribution is 2.24. The normalized spacial score (nSPS) is 18.2. The van der Waals surface area contributed by atoms with Gasteiger partial charge in [-0.2, -0.15) is 0 Å². The molecule has 0 spiro atoms. The number of rotatable bonds is 4. The predicted octanol–water partition coefficient (Wildman–Crippen LogP) is 2.47. The van der Waals surface area contributed by atoms with Crippen molar-refractivity contribution in [3.63, 3.8) is 0 Å². The molecule has 1 saturated heterocycles. The Balaban J connectivity index is 1.69. The molecule has 2 unspecified atom stereocenters. The molecule has 5 nitrogen and oxygen atoms in total. The number of benzene rings is 1.